The van der Waals surface area contributed by atoms with Crippen molar-refractivity contribution in [3.05, 3.63) is 35.9 Å². The number of hydrogen-bond acceptors (Lipinski definition) is 3. The van der Waals surface area contributed by atoms with Crippen LogP contribution in [0.3, 0.4) is 0 Å². The highest BCUT2D eigenvalue weighted by Crippen LogP contribution is 2.02. The van der Waals surface area contributed by atoms with Gasteiger partial charge in [0.2, 0.25) is 11.8 Å². The summed E-state index contributed by atoms with van der Waals surface area (Å²) in [6.45, 7) is 2.54. The summed E-state index contributed by atoms with van der Waals surface area (Å²) >= 11 is 0. The van der Waals surface area contributed by atoms with Crippen LogP contribution in [0.2, 0.25) is 0 Å². The molecule has 1 atom stereocenters. The Labute approximate surface area is 113 Å². The molecule has 5 heteroatoms. The third kappa shape index (κ3) is 5.09. The zero-order chi connectivity index (χ0) is 14.3. The van der Waals surface area contributed by atoms with Gasteiger partial charge < -0.3 is 16.0 Å². The molecule has 0 aliphatic carbocycles. The van der Waals surface area contributed by atoms with Gasteiger partial charge in [-0.1, -0.05) is 37.3 Å². The summed E-state index contributed by atoms with van der Waals surface area (Å²) in [5.74, 6) is -0.586. The molecule has 1 unspecified atom stereocenters. The summed E-state index contributed by atoms with van der Waals surface area (Å²) in [5.41, 5.74) is 6.44. The number of nitrogens with one attached hydrogen (secondary N) is 1. The Hall–Kier alpha value is -1.88. The maximum absolute atomic E-state index is 11.8. The monoisotopic (exact) mass is 263 g/mol. The lowest BCUT2D eigenvalue weighted by molar-refractivity contribution is -0.133. The van der Waals surface area contributed by atoms with Gasteiger partial charge in [0, 0.05) is 26.1 Å². The van der Waals surface area contributed by atoms with E-state index in [1.54, 1.807) is 18.9 Å². The lowest BCUT2D eigenvalue weighted by atomic mass is 10.2. The van der Waals surface area contributed by atoms with Crippen LogP contribution in [-0.4, -0.2) is 36.9 Å². The van der Waals surface area contributed by atoms with Crippen molar-refractivity contribution in [1.29, 1.82) is 0 Å². The molecule has 1 rings (SSSR count). The van der Waals surface area contributed by atoms with Gasteiger partial charge in [-0.2, -0.15) is 0 Å². The highest BCUT2D eigenvalue weighted by atomic mass is 16.2. The Morgan fingerprint density at radius 2 is 1.95 bits per heavy atom. The van der Waals surface area contributed by atoms with Crippen LogP contribution < -0.4 is 11.1 Å². The molecule has 0 radical (unpaired) electrons. The van der Waals surface area contributed by atoms with Crippen LogP contribution >= 0.6 is 0 Å². The summed E-state index contributed by atoms with van der Waals surface area (Å²) in [4.78, 5) is 24.9. The van der Waals surface area contributed by atoms with E-state index < -0.39 is 0 Å². The third-order valence-electron chi connectivity index (χ3n) is 2.90. The highest BCUT2D eigenvalue weighted by molar-refractivity contribution is 5.85. The zero-order valence-corrected chi connectivity index (χ0v) is 11.4. The second-order valence-electron chi connectivity index (χ2n) is 4.59. The highest BCUT2D eigenvalue weighted by Gasteiger charge is 2.14. The SMILES string of the molecule is CC(CN)C(=O)NCC(=O)N(C)Cc1ccccc1. The van der Waals surface area contributed by atoms with E-state index in [-0.39, 0.29) is 30.8 Å². The lowest BCUT2D eigenvalue weighted by Crippen LogP contribution is -2.41. The van der Waals surface area contributed by atoms with Crippen molar-refractivity contribution in [2.24, 2.45) is 11.7 Å². The fourth-order valence-electron chi connectivity index (χ4n) is 1.52. The normalized spacial score (nSPS) is 11.7. The first-order valence-electron chi connectivity index (χ1n) is 6.30. The molecule has 2 amide bonds. The van der Waals surface area contributed by atoms with Gasteiger partial charge in [0.05, 0.1) is 6.54 Å². The van der Waals surface area contributed by atoms with Gasteiger partial charge in [0.1, 0.15) is 0 Å². The smallest absolute Gasteiger partial charge is 0.242 e. The second kappa shape index (κ2) is 7.53. The zero-order valence-electron chi connectivity index (χ0n) is 11.4. The lowest BCUT2D eigenvalue weighted by Gasteiger charge is -2.18. The molecule has 0 saturated heterocycles. The van der Waals surface area contributed by atoms with Gasteiger partial charge in [-0.25, -0.2) is 0 Å². The van der Waals surface area contributed by atoms with Gasteiger partial charge in [0.25, 0.3) is 0 Å². The summed E-state index contributed by atoms with van der Waals surface area (Å²) in [6.07, 6.45) is 0. The number of hydrogen-bond donors (Lipinski definition) is 2. The summed E-state index contributed by atoms with van der Waals surface area (Å²) in [5, 5.41) is 2.59. The number of nitrogens with two attached hydrogens (primary N) is 1. The van der Waals surface area contributed by atoms with Gasteiger partial charge in [-0.05, 0) is 5.56 Å². The first kappa shape index (κ1) is 15.2. The topological polar surface area (TPSA) is 75.4 Å². The Morgan fingerprint density at radius 3 is 2.53 bits per heavy atom. The van der Waals surface area contributed by atoms with Crippen molar-refractivity contribution in [3.8, 4) is 0 Å². The number of benzene rings is 1. The van der Waals surface area contributed by atoms with Crippen LogP contribution in [0.1, 0.15) is 12.5 Å². The van der Waals surface area contributed by atoms with Crippen LogP contribution in [0.25, 0.3) is 0 Å². The molecule has 0 saturated carbocycles. The molecule has 19 heavy (non-hydrogen) atoms. The van der Waals surface area contributed by atoms with Crippen LogP contribution in [0, 0.1) is 5.92 Å². The van der Waals surface area contributed by atoms with Crippen LogP contribution in [0.4, 0.5) is 0 Å². The molecule has 0 fully saturated rings. The summed E-state index contributed by atoms with van der Waals surface area (Å²) in [7, 11) is 1.72. The van der Waals surface area contributed by atoms with Crippen molar-refractivity contribution in [2.45, 2.75) is 13.5 Å². The molecular weight excluding hydrogens is 242 g/mol. The number of likely N-dealkylation sites (N-methyl/N-ethyl adjacent to an activating group) is 1. The van der Waals surface area contributed by atoms with E-state index in [0.717, 1.165) is 5.56 Å². The largest absolute Gasteiger partial charge is 0.347 e. The van der Waals surface area contributed by atoms with Crippen LogP contribution in [0.15, 0.2) is 30.3 Å². The van der Waals surface area contributed by atoms with Crippen molar-refractivity contribution in [2.75, 3.05) is 20.1 Å². The summed E-state index contributed by atoms with van der Waals surface area (Å²) in [6, 6.07) is 9.70. The maximum Gasteiger partial charge on any atom is 0.242 e. The number of rotatable bonds is 6. The molecule has 0 heterocycles. The van der Waals surface area contributed by atoms with E-state index in [4.69, 9.17) is 5.73 Å². The first-order valence-corrected chi connectivity index (χ1v) is 6.30. The van der Waals surface area contributed by atoms with Gasteiger partial charge in [0.15, 0.2) is 0 Å². The average Bonchev–Trinajstić information content (AvgIpc) is 2.44. The van der Waals surface area contributed by atoms with Crippen molar-refractivity contribution in [3.63, 3.8) is 0 Å². The van der Waals surface area contributed by atoms with Crippen molar-refractivity contribution in [1.82, 2.24) is 10.2 Å². The molecule has 1 aromatic carbocycles. The molecular formula is C14H21N3O2. The number of amides is 2. The van der Waals surface area contributed by atoms with Gasteiger partial charge in [-0.3, -0.25) is 9.59 Å². The Morgan fingerprint density at radius 1 is 1.32 bits per heavy atom. The molecule has 0 bridgehead atoms. The van der Waals surface area contributed by atoms with Crippen LogP contribution in [-0.2, 0) is 16.1 Å². The fraction of sp³-hybridized carbons (Fsp3) is 0.429. The average molecular weight is 263 g/mol. The molecule has 3 N–H and O–H groups in total. The fourth-order valence-corrected chi connectivity index (χ4v) is 1.52. The Kier molecular flexibility index (Phi) is 6.02. The standard InChI is InChI=1S/C14H21N3O2/c1-11(8-15)14(19)16-9-13(18)17(2)10-12-6-4-3-5-7-12/h3-7,11H,8-10,15H2,1-2H3,(H,16,19). The minimum absolute atomic E-state index is 0.00646. The quantitative estimate of drug-likeness (QED) is 0.778. The molecule has 0 aromatic heterocycles. The van der Waals surface area contributed by atoms with Gasteiger partial charge >= 0.3 is 0 Å². The minimum Gasteiger partial charge on any atom is -0.347 e. The van der Waals surface area contributed by atoms with E-state index in [1.807, 2.05) is 30.3 Å². The summed E-state index contributed by atoms with van der Waals surface area (Å²) < 4.78 is 0. The first-order chi connectivity index (χ1) is 9.04. The van der Waals surface area contributed by atoms with E-state index in [1.165, 1.54) is 0 Å². The predicted molar refractivity (Wildman–Crippen MR) is 74.1 cm³/mol. The third-order valence-corrected chi connectivity index (χ3v) is 2.90. The molecule has 0 aliphatic heterocycles. The molecule has 1 aromatic rings. The van der Waals surface area contributed by atoms with Crippen molar-refractivity contribution < 1.29 is 9.59 Å². The van der Waals surface area contributed by atoms with Crippen molar-refractivity contribution >= 4 is 11.8 Å². The van der Waals surface area contributed by atoms with E-state index in [0.29, 0.717) is 6.54 Å². The number of carbonyl (C=O) groups is 2. The van der Waals surface area contributed by atoms with Gasteiger partial charge in [-0.15, -0.1) is 0 Å². The minimum atomic E-state index is -0.271. The predicted octanol–water partition coefficient (Wildman–Crippen LogP) is 0.356. The second-order valence-corrected chi connectivity index (χ2v) is 4.59. The molecule has 5 nitrogen and oxygen atoms in total. The Balaban J connectivity index is 2.39. The maximum atomic E-state index is 11.8. The van der Waals surface area contributed by atoms with Crippen LogP contribution in [0.5, 0.6) is 0 Å². The van der Waals surface area contributed by atoms with E-state index in [9.17, 15) is 9.59 Å². The number of nitrogens with zero attached hydrogens (tertiary/aromatic N) is 1. The van der Waals surface area contributed by atoms with E-state index in [2.05, 4.69) is 5.32 Å². The number of carbonyl (C=O) groups excluding carboxylic acids is 2. The molecule has 0 spiro atoms. The van der Waals surface area contributed by atoms with E-state index >= 15 is 0 Å². The molecule has 104 valence electrons. The molecule has 0 aliphatic rings. The Bertz CT molecular complexity index is 420.